The Hall–Kier alpha value is -0.860. The molecule has 0 aromatic heterocycles. The number of benzene rings is 1. The predicted molar refractivity (Wildman–Crippen MR) is 73.5 cm³/mol. The van der Waals surface area contributed by atoms with Crippen molar-refractivity contribution in [3.63, 3.8) is 0 Å². The molecular formula is C16H22N2. The molecule has 96 valence electrons. The predicted octanol–water partition coefficient (Wildman–Crippen LogP) is 2.22. The lowest BCUT2D eigenvalue weighted by Crippen LogP contribution is -2.25. The Morgan fingerprint density at radius 2 is 1.67 bits per heavy atom. The monoisotopic (exact) mass is 242 g/mol. The van der Waals surface area contributed by atoms with Crippen LogP contribution in [0.4, 0.5) is 0 Å². The maximum absolute atomic E-state index is 3.51. The number of hydrogen-bond acceptors (Lipinski definition) is 2. The van der Waals surface area contributed by atoms with Gasteiger partial charge >= 0.3 is 0 Å². The number of nitrogens with one attached hydrogen (secondary N) is 1. The lowest BCUT2D eigenvalue weighted by molar-refractivity contribution is 0.305. The van der Waals surface area contributed by atoms with Gasteiger partial charge in [0.25, 0.3) is 0 Å². The molecule has 0 bridgehead atoms. The summed E-state index contributed by atoms with van der Waals surface area (Å²) in [5.41, 5.74) is 3.05. The van der Waals surface area contributed by atoms with E-state index in [0.29, 0.717) is 0 Å². The van der Waals surface area contributed by atoms with Gasteiger partial charge in [0.1, 0.15) is 0 Å². The lowest BCUT2D eigenvalue weighted by atomic mass is 10.0. The third kappa shape index (κ3) is 2.08. The maximum atomic E-state index is 3.51. The van der Waals surface area contributed by atoms with E-state index in [4.69, 9.17) is 0 Å². The van der Waals surface area contributed by atoms with E-state index in [1.807, 2.05) is 0 Å². The summed E-state index contributed by atoms with van der Waals surface area (Å²) in [6.45, 7) is 6.21. The molecule has 1 N–H and O–H groups in total. The van der Waals surface area contributed by atoms with Gasteiger partial charge < -0.3 is 5.32 Å². The van der Waals surface area contributed by atoms with E-state index in [9.17, 15) is 0 Å². The van der Waals surface area contributed by atoms with Crippen molar-refractivity contribution in [1.82, 2.24) is 10.2 Å². The summed E-state index contributed by atoms with van der Waals surface area (Å²) in [7, 11) is 0. The second-order valence-electron chi connectivity index (χ2n) is 6.39. The third-order valence-electron chi connectivity index (χ3n) is 4.90. The van der Waals surface area contributed by atoms with Gasteiger partial charge in [-0.15, -0.1) is 0 Å². The van der Waals surface area contributed by atoms with E-state index in [0.717, 1.165) is 24.3 Å². The van der Waals surface area contributed by atoms with Crippen LogP contribution >= 0.6 is 0 Å². The topological polar surface area (TPSA) is 15.3 Å². The summed E-state index contributed by atoms with van der Waals surface area (Å²) in [5.74, 6) is 2.71. The number of fused-ring (bicyclic) bond motifs is 1. The first kappa shape index (κ1) is 11.0. The van der Waals surface area contributed by atoms with E-state index in [-0.39, 0.29) is 0 Å². The minimum atomic E-state index is 0.885. The third-order valence-corrected chi connectivity index (χ3v) is 4.90. The normalized spacial score (nSPS) is 31.8. The van der Waals surface area contributed by atoms with Gasteiger partial charge in [-0.25, -0.2) is 0 Å². The first-order chi connectivity index (χ1) is 8.88. The van der Waals surface area contributed by atoms with Crippen LogP contribution in [0.15, 0.2) is 24.3 Å². The zero-order valence-electron chi connectivity index (χ0n) is 10.9. The summed E-state index contributed by atoms with van der Waals surface area (Å²) in [6, 6.07) is 9.40. The molecule has 2 aliphatic heterocycles. The van der Waals surface area contributed by atoms with Crippen molar-refractivity contribution in [2.45, 2.75) is 25.3 Å². The van der Waals surface area contributed by atoms with E-state index in [1.54, 1.807) is 5.56 Å². The van der Waals surface area contributed by atoms with Crippen molar-refractivity contribution in [2.24, 2.45) is 11.8 Å². The lowest BCUT2D eigenvalue weighted by Gasteiger charge is -2.17. The van der Waals surface area contributed by atoms with Gasteiger partial charge in [-0.05, 0) is 54.8 Å². The minimum Gasteiger partial charge on any atom is -0.316 e. The fourth-order valence-corrected chi connectivity index (χ4v) is 3.65. The van der Waals surface area contributed by atoms with Gasteiger partial charge in [0.15, 0.2) is 0 Å². The molecule has 2 heterocycles. The summed E-state index contributed by atoms with van der Waals surface area (Å²) < 4.78 is 0. The van der Waals surface area contributed by atoms with Crippen molar-refractivity contribution in [2.75, 3.05) is 26.2 Å². The highest BCUT2D eigenvalue weighted by atomic mass is 15.2. The molecule has 3 fully saturated rings. The highest BCUT2D eigenvalue weighted by Crippen LogP contribution is 2.40. The second-order valence-corrected chi connectivity index (χ2v) is 6.39. The standard InChI is InChI=1S/C16H22N2/c1-3-13(14-5-6-14)4-2-12(1)9-18-10-15-7-17-8-16(15)11-18/h1-4,14-17H,5-11H2. The van der Waals surface area contributed by atoms with Crippen LogP contribution in [0.25, 0.3) is 0 Å². The number of hydrogen-bond donors (Lipinski definition) is 1. The van der Waals surface area contributed by atoms with Crippen molar-refractivity contribution >= 4 is 0 Å². The highest BCUT2D eigenvalue weighted by molar-refractivity contribution is 5.28. The van der Waals surface area contributed by atoms with Crippen LogP contribution < -0.4 is 5.32 Å². The Morgan fingerprint density at radius 1 is 1.00 bits per heavy atom. The fraction of sp³-hybridized carbons (Fsp3) is 0.625. The van der Waals surface area contributed by atoms with Gasteiger partial charge in [-0.1, -0.05) is 24.3 Å². The van der Waals surface area contributed by atoms with Gasteiger partial charge in [0, 0.05) is 19.6 Å². The minimum absolute atomic E-state index is 0.885. The molecule has 2 atom stereocenters. The van der Waals surface area contributed by atoms with E-state index in [1.165, 1.54) is 44.6 Å². The molecule has 1 aromatic carbocycles. The van der Waals surface area contributed by atoms with Crippen molar-refractivity contribution < 1.29 is 0 Å². The number of likely N-dealkylation sites (tertiary alicyclic amines) is 1. The highest BCUT2D eigenvalue weighted by Gasteiger charge is 2.35. The largest absolute Gasteiger partial charge is 0.316 e. The van der Waals surface area contributed by atoms with E-state index < -0.39 is 0 Å². The van der Waals surface area contributed by atoms with Crippen LogP contribution in [-0.2, 0) is 6.54 Å². The zero-order valence-corrected chi connectivity index (χ0v) is 10.9. The van der Waals surface area contributed by atoms with Crippen LogP contribution in [0.1, 0.15) is 29.9 Å². The molecule has 1 aliphatic carbocycles. The van der Waals surface area contributed by atoms with Crippen molar-refractivity contribution in [3.05, 3.63) is 35.4 Å². The molecule has 0 amide bonds. The van der Waals surface area contributed by atoms with Gasteiger partial charge in [0.2, 0.25) is 0 Å². The molecular weight excluding hydrogens is 220 g/mol. The molecule has 2 heteroatoms. The Balaban J connectivity index is 1.39. The number of nitrogens with zero attached hydrogens (tertiary/aromatic N) is 1. The summed E-state index contributed by atoms with van der Waals surface area (Å²) >= 11 is 0. The molecule has 1 aromatic rings. The van der Waals surface area contributed by atoms with E-state index in [2.05, 4.69) is 34.5 Å². The molecule has 18 heavy (non-hydrogen) atoms. The zero-order chi connectivity index (χ0) is 11.9. The Morgan fingerprint density at radius 3 is 2.28 bits per heavy atom. The first-order valence-corrected chi connectivity index (χ1v) is 7.40. The molecule has 2 unspecified atom stereocenters. The molecule has 0 radical (unpaired) electrons. The maximum Gasteiger partial charge on any atom is 0.0233 e. The Labute approximate surface area is 109 Å². The second kappa shape index (κ2) is 4.36. The summed E-state index contributed by atoms with van der Waals surface area (Å²) in [6.07, 6.45) is 2.81. The molecule has 2 saturated heterocycles. The van der Waals surface area contributed by atoms with Crippen molar-refractivity contribution in [1.29, 1.82) is 0 Å². The van der Waals surface area contributed by atoms with Gasteiger partial charge in [0.05, 0.1) is 0 Å². The smallest absolute Gasteiger partial charge is 0.0233 e. The quantitative estimate of drug-likeness (QED) is 0.874. The molecule has 3 aliphatic rings. The SMILES string of the molecule is c1cc(C2CC2)ccc1CN1CC2CNCC2C1. The summed E-state index contributed by atoms with van der Waals surface area (Å²) in [5, 5.41) is 3.51. The van der Waals surface area contributed by atoms with Gasteiger partial charge in [-0.2, -0.15) is 0 Å². The average molecular weight is 242 g/mol. The molecule has 1 saturated carbocycles. The summed E-state index contributed by atoms with van der Waals surface area (Å²) in [4.78, 5) is 2.64. The molecule has 2 nitrogen and oxygen atoms in total. The van der Waals surface area contributed by atoms with Crippen molar-refractivity contribution in [3.8, 4) is 0 Å². The average Bonchev–Trinajstić information content (AvgIpc) is 3.02. The van der Waals surface area contributed by atoms with Crippen LogP contribution in [0, 0.1) is 11.8 Å². The van der Waals surface area contributed by atoms with Crippen LogP contribution in [-0.4, -0.2) is 31.1 Å². The van der Waals surface area contributed by atoms with Gasteiger partial charge in [-0.3, -0.25) is 4.90 Å². The number of rotatable bonds is 3. The fourth-order valence-electron chi connectivity index (χ4n) is 3.65. The molecule has 4 rings (SSSR count). The molecule has 0 spiro atoms. The Bertz CT molecular complexity index is 409. The van der Waals surface area contributed by atoms with Crippen LogP contribution in [0.5, 0.6) is 0 Å². The van der Waals surface area contributed by atoms with Crippen LogP contribution in [0.3, 0.4) is 0 Å². The van der Waals surface area contributed by atoms with E-state index >= 15 is 0 Å². The Kier molecular flexibility index (Phi) is 2.66. The van der Waals surface area contributed by atoms with Crippen LogP contribution in [0.2, 0.25) is 0 Å². The first-order valence-electron chi connectivity index (χ1n) is 7.40.